The highest BCUT2D eigenvalue weighted by atomic mass is 79.9. The predicted molar refractivity (Wildman–Crippen MR) is 147 cm³/mol. The summed E-state index contributed by atoms with van der Waals surface area (Å²) in [6, 6.07) is 15.3. The number of methoxy groups -OCH3 is 5. The fraction of sp³-hybridized carbons (Fsp3) is 0.345. The van der Waals surface area contributed by atoms with Crippen molar-refractivity contribution in [2.45, 2.75) is 25.5 Å². The number of hydrogen-bond acceptors (Lipinski definition) is 7. The van der Waals surface area contributed by atoms with E-state index in [9.17, 15) is 4.79 Å². The van der Waals surface area contributed by atoms with E-state index in [0.717, 1.165) is 26.7 Å². The van der Waals surface area contributed by atoms with E-state index in [4.69, 9.17) is 28.4 Å². The standard InChI is InChI=1S/C29H32BrNO7/c1-33-24-14-19(22(30)16-25(24)34-2)13-23-21-15-26(38-17-18-9-7-6-8-10-18)28(36-4)27(35-3)20(21)11-12-31(23)29(32)37-5/h6-10,14-16,23H,11-13,17H2,1-5H3. The fourth-order valence-corrected chi connectivity index (χ4v) is 5.34. The molecule has 4 rings (SSSR count). The Balaban J connectivity index is 1.82. The maximum Gasteiger partial charge on any atom is 0.410 e. The van der Waals surface area contributed by atoms with Crippen LogP contribution < -0.4 is 23.7 Å². The molecule has 0 bridgehead atoms. The average Bonchev–Trinajstić information content (AvgIpc) is 2.96. The van der Waals surface area contributed by atoms with E-state index in [1.165, 1.54) is 7.11 Å². The topological polar surface area (TPSA) is 75.7 Å². The minimum absolute atomic E-state index is 0.353. The van der Waals surface area contributed by atoms with E-state index in [1.807, 2.05) is 48.5 Å². The second-order valence-electron chi connectivity index (χ2n) is 8.72. The van der Waals surface area contributed by atoms with Crippen molar-refractivity contribution in [2.75, 3.05) is 42.1 Å². The molecule has 0 saturated heterocycles. The molecule has 202 valence electrons. The van der Waals surface area contributed by atoms with Crippen LogP contribution in [0, 0.1) is 0 Å². The van der Waals surface area contributed by atoms with Crippen LogP contribution in [-0.2, 0) is 24.2 Å². The highest BCUT2D eigenvalue weighted by molar-refractivity contribution is 9.10. The van der Waals surface area contributed by atoms with Crippen LogP contribution in [0.2, 0.25) is 0 Å². The number of halogens is 1. The van der Waals surface area contributed by atoms with Gasteiger partial charge in [0, 0.05) is 16.6 Å². The zero-order valence-corrected chi connectivity index (χ0v) is 23.8. The van der Waals surface area contributed by atoms with Crippen LogP contribution in [0.25, 0.3) is 0 Å². The Morgan fingerprint density at radius 3 is 2.21 bits per heavy atom. The molecule has 1 heterocycles. The van der Waals surface area contributed by atoms with Crippen molar-refractivity contribution in [1.29, 1.82) is 0 Å². The maximum atomic E-state index is 12.9. The first-order valence-corrected chi connectivity index (χ1v) is 12.9. The highest BCUT2D eigenvalue weighted by Gasteiger charge is 2.36. The van der Waals surface area contributed by atoms with Crippen molar-refractivity contribution < 1.29 is 33.2 Å². The number of amides is 1. The number of nitrogens with zero attached hydrogens (tertiary/aromatic N) is 1. The third-order valence-electron chi connectivity index (χ3n) is 6.70. The number of fused-ring (bicyclic) bond motifs is 1. The van der Waals surface area contributed by atoms with Gasteiger partial charge in [0.25, 0.3) is 0 Å². The van der Waals surface area contributed by atoms with Gasteiger partial charge in [0.05, 0.1) is 41.6 Å². The molecule has 1 atom stereocenters. The molecule has 0 saturated carbocycles. The third kappa shape index (κ3) is 5.48. The van der Waals surface area contributed by atoms with Gasteiger partial charge in [0.2, 0.25) is 5.75 Å². The second-order valence-corrected chi connectivity index (χ2v) is 9.57. The second kappa shape index (κ2) is 12.3. The van der Waals surface area contributed by atoms with Gasteiger partial charge in [-0.25, -0.2) is 4.79 Å². The van der Waals surface area contributed by atoms with Gasteiger partial charge in [0.1, 0.15) is 6.61 Å². The van der Waals surface area contributed by atoms with Crippen molar-refractivity contribution in [3.8, 4) is 28.7 Å². The van der Waals surface area contributed by atoms with Crippen molar-refractivity contribution in [1.82, 2.24) is 4.90 Å². The van der Waals surface area contributed by atoms with Crippen LogP contribution in [0.15, 0.2) is 53.0 Å². The van der Waals surface area contributed by atoms with Crippen LogP contribution in [0.5, 0.6) is 28.7 Å². The van der Waals surface area contributed by atoms with Crippen molar-refractivity contribution in [3.05, 3.63) is 75.3 Å². The largest absolute Gasteiger partial charge is 0.493 e. The zero-order valence-electron chi connectivity index (χ0n) is 22.2. The Labute approximate surface area is 231 Å². The van der Waals surface area contributed by atoms with Crippen LogP contribution >= 0.6 is 15.9 Å². The molecule has 0 radical (unpaired) electrons. The Morgan fingerprint density at radius 1 is 0.895 bits per heavy atom. The maximum absolute atomic E-state index is 12.9. The molecular weight excluding hydrogens is 554 g/mol. The molecule has 1 unspecified atom stereocenters. The summed E-state index contributed by atoms with van der Waals surface area (Å²) in [5, 5.41) is 0. The van der Waals surface area contributed by atoms with E-state index in [0.29, 0.717) is 54.7 Å². The third-order valence-corrected chi connectivity index (χ3v) is 7.44. The van der Waals surface area contributed by atoms with Gasteiger partial charge in [-0.3, -0.25) is 0 Å². The molecule has 1 aliphatic heterocycles. The first kappa shape index (κ1) is 27.4. The minimum atomic E-state index is -0.404. The first-order valence-electron chi connectivity index (χ1n) is 12.1. The lowest BCUT2D eigenvalue weighted by molar-refractivity contribution is 0.0999. The lowest BCUT2D eigenvalue weighted by Gasteiger charge is -2.38. The lowest BCUT2D eigenvalue weighted by atomic mass is 9.87. The number of carbonyl (C=O) groups excluding carboxylic acids is 1. The van der Waals surface area contributed by atoms with Crippen LogP contribution in [0.4, 0.5) is 4.79 Å². The minimum Gasteiger partial charge on any atom is -0.493 e. The first-order chi connectivity index (χ1) is 18.4. The summed E-state index contributed by atoms with van der Waals surface area (Å²) in [4.78, 5) is 14.7. The predicted octanol–water partition coefficient (Wildman–Crippen LogP) is 5.97. The summed E-state index contributed by atoms with van der Waals surface area (Å²) in [6.07, 6.45) is 0.655. The number of hydrogen-bond donors (Lipinski definition) is 0. The number of rotatable bonds is 9. The Hall–Kier alpha value is -3.59. The van der Waals surface area contributed by atoms with E-state index in [-0.39, 0.29) is 6.04 Å². The fourth-order valence-electron chi connectivity index (χ4n) is 4.85. The summed E-state index contributed by atoms with van der Waals surface area (Å²) in [5.74, 6) is 2.88. The summed E-state index contributed by atoms with van der Waals surface area (Å²) < 4.78 is 34.8. The van der Waals surface area contributed by atoms with Crippen molar-refractivity contribution in [2.24, 2.45) is 0 Å². The molecule has 3 aromatic carbocycles. The summed E-state index contributed by atoms with van der Waals surface area (Å²) in [6.45, 7) is 0.810. The molecule has 1 aliphatic rings. The molecule has 3 aromatic rings. The Morgan fingerprint density at radius 2 is 1.58 bits per heavy atom. The number of ether oxygens (including phenoxy) is 6. The molecule has 0 N–H and O–H groups in total. The van der Waals surface area contributed by atoms with Gasteiger partial charge >= 0.3 is 6.09 Å². The normalized spacial score (nSPS) is 14.4. The summed E-state index contributed by atoms with van der Waals surface area (Å²) in [7, 11) is 7.80. The summed E-state index contributed by atoms with van der Waals surface area (Å²) in [5.41, 5.74) is 3.84. The van der Waals surface area contributed by atoms with E-state index in [2.05, 4.69) is 15.9 Å². The van der Waals surface area contributed by atoms with Gasteiger partial charge in [-0.15, -0.1) is 0 Å². The molecule has 0 fully saturated rings. The van der Waals surface area contributed by atoms with E-state index < -0.39 is 6.09 Å². The molecule has 0 spiro atoms. The van der Waals surface area contributed by atoms with Gasteiger partial charge < -0.3 is 33.3 Å². The van der Waals surface area contributed by atoms with Gasteiger partial charge in [0.15, 0.2) is 23.0 Å². The lowest BCUT2D eigenvalue weighted by Crippen LogP contribution is -2.41. The molecule has 9 heteroatoms. The SMILES string of the molecule is COC(=O)N1CCc2c(cc(OCc3ccccc3)c(OC)c2OC)C1Cc1cc(OC)c(OC)cc1Br. The molecule has 1 amide bonds. The van der Waals surface area contributed by atoms with Gasteiger partial charge in [-0.1, -0.05) is 46.3 Å². The van der Waals surface area contributed by atoms with Gasteiger partial charge in [-0.2, -0.15) is 0 Å². The Bertz CT molecular complexity index is 1280. The highest BCUT2D eigenvalue weighted by Crippen LogP contribution is 2.48. The number of carbonyl (C=O) groups is 1. The van der Waals surface area contributed by atoms with Crippen molar-refractivity contribution in [3.63, 3.8) is 0 Å². The van der Waals surface area contributed by atoms with Crippen LogP contribution in [-0.4, -0.2) is 53.1 Å². The quantitative estimate of drug-likeness (QED) is 0.306. The molecule has 38 heavy (non-hydrogen) atoms. The van der Waals surface area contributed by atoms with E-state index in [1.54, 1.807) is 33.3 Å². The van der Waals surface area contributed by atoms with Gasteiger partial charge in [-0.05, 0) is 47.7 Å². The molecule has 8 nitrogen and oxygen atoms in total. The average molecular weight is 586 g/mol. The van der Waals surface area contributed by atoms with E-state index >= 15 is 0 Å². The molecular formula is C29H32BrNO7. The number of benzene rings is 3. The monoisotopic (exact) mass is 585 g/mol. The van der Waals surface area contributed by atoms with Crippen LogP contribution in [0.1, 0.15) is 28.3 Å². The summed E-state index contributed by atoms with van der Waals surface area (Å²) >= 11 is 3.67. The Kier molecular flexibility index (Phi) is 8.89. The van der Waals surface area contributed by atoms with Crippen molar-refractivity contribution >= 4 is 22.0 Å². The smallest absolute Gasteiger partial charge is 0.410 e. The molecule has 0 aromatic heterocycles. The molecule has 0 aliphatic carbocycles. The van der Waals surface area contributed by atoms with Crippen LogP contribution in [0.3, 0.4) is 0 Å². The zero-order chi connectivity index (χ0) is 27.2.